The Hall–Kier alpha value is -2.32. The highest BCUT2D eigenvalue weighted by Gasteiger charge is 2.13. The largest absolute Gasteiger partial charge is 0.327 e. The molecule has 2 aromatic heterocycles. The van der Waals surface area contributed by atoms with Gasteiger partial charge in [0.1, 0.15) is 17.4 Å². The van der Waals surface area contributed by atoms with Crippen LogP contribution >= 0.6 is 11.6 Å². The van der Waals surface area contributed by atoms with Crippen LogP contribution in [0.1, 0.15) is 17.0 Å². The number of hydrogen-bond donors (Lipinski definition) is 0. The van der Waals surface area contributed by atoms with Crippen LogP contribution in [0.15, 0.2) is 30.6 Å². The third-order valence-corrected chi connectivity index (χ3v) is 3.72. The van der Waals surface area contributed by atoms with Crippen molar-refractivity contribution in [1.29, 1.82) is 5.26 Å². The number of para-hydroxylation sites is 1. The van der Waals surface area contributed by atoms with Crippen LogP contribution in [0.25, 0.3) is 11.0 Å². The van der Waals surface area contributed by atoms with Crippen molar-refractivity contribution >= 4 is 22.6 Å². The number of alkyl halides is 1. The summed E-state index contributed by atoms with van der Waals surface area (Å²) in [6.07, 6.45) is 4.71. The van der Waals surface area contributed by atoms with Gasteiger partial charge in [0, 0.05) is 19.8 Å². The SMILES string of the molecule is Cn1cc(CCn2c(CCl)nc3c(C#N)cccc32)cn1. The van der Waals surface area contributed by atoms with E-state index in [0.717, 1.165) is 35.4 Å². The first kappa shape index (κ1) is 13.7. The third kappa shape index (κ3) is 2.50. The van der Waals surface area contributed by atoms with Gasteiger partial charge in [-0.2, -0.15) is 10.4 Å². The molecule has 0 amide bonds. The minimum atomic E-state index is 0.326. The van der Waals surface area contributed by atoms with E-state index in [0.29, 0.717) is 11.4 Å². The molecule has 0 N–H and O–H groups in total. The maximum absolute atomic E-state index is 9.18. The molecule has 3 aromatic rings. The first-order chi connectivity index (χ1) is 10.2. The third-order valence-electron chi connectivity index (χ3n) is 3.48. The highest BCUT2D eigenvalue weighted by molar-refractivity contribution is 6.16. The number of halogens is 1. The van der Waals surface area contributed by atoms with Crippen LogP contribution in [-0.4, -0.2) is 19.3 Å². The molecule has 1 aromatic carbocycles. The van der Waals surface area contributed by atoms with E-state index in [2.05, 4.69) is 20.7 Å². The molecule has 0 saturated carbocycles. The number of aromatic nitrogens is 4. The van der Waals surface area contributed by atoms with Crippen molar-refractivity contribution in [3.8, 4) is 6.07 Å². The number of nitriles is 1. The molecule has 0 unspecified atom stereocenters. The number of imidazole rings is 1. The van der Waals surface area contributed by atoms with Gasteiger partial charge < -0.3 is 4.57 Å². The van der Waals surface area contributed by atoms with Gasteiger partial charge in [-0.25, -0.2) is 4.98 Å². The number of aryl methyl sites for hydroxylation is 3. The summed E-state index contributed by atoms with van der Waals surface area (Å²) in [5.41, 5.74) is 3.42. The summed E-state index contributed by atoms with van der Waals surface area (Å²) in [5, 5.41) is 13.3. The van der Waals surface area contributed by atoms with Crippen molar-refractivity contribution in [2.24, 2.45) is 7.05 Å². The molecule has 0 aliphatic carbocycles. The van der Waals surface area contributed by atoms with Crippen LogP contribution in [0.3, 0.4) is 0 Å². The van der Waals surface area contributed by atoms with E-state index in [1.807, 2.05) is 31.6 Å². The molecule has 0 fully saturated rings. The van der Waals surface area contributed by atoms with E-state index in [1.165, 1.54) is 0 Å². The number of nitrogens with zero attached hydrogens (tertiary/aromatic N) is 5. The molecule has 6 heteroatoms. The fraction of sp³-hybridized carbons (Fsp3) is 0.267. The monoisotopic (exact) mass is 299 g/mol. The summed E-state index contributed by atoms with van der Waals surface area (Å²) in [5.74, 6) is 1.12. The van der Waals surface area contributed by atoms with Crippen LogP contribution in [0.5, 0.6) is 0 Å². The molecule has 5 nitrogen and oxygen atoms in total. The number of rotatable bonds is 4. The van der Waals surface area contributed by atoms with Gasteiger partial charge in [0.15, 0.2) is 0 Å². The topological polar surface area (TPSA) is 59.4 Å². The Morgan fingerprint density at radius 2 is 2.24 bits per heavy atom. The first-order valence-electron chi connectivity index (χ1n) is 6.64. The van der Waals surface area contributed by atoms with Crippen molar-refractivity contribution in [2.45, 2.75) is 18.8 Å². The molecule has 0 aliphatic rings. The van der Waals surface area contributed by atoms with E-state index in [4.69, 9.17) is 11.6 Å². The zero-order valence-electron chi connectivity index (χ0n) is 11.6. The Bertz CT molecular complexity index is 824. The lowest BCUT2D eigenvalue weighted by atomic mass is 10.2. The Balaban J connectivity index is 1.99. The van der Waals surface area contributed by atoms with Crippen LogP contribution in [0, 0.1) is 11.3 Å². The average molecular weight is 300 g/mol. The molecule has 3 rings (SSSR count). The first-order valence-corrected chi connectivity index (χ1v) is 7.18. The van der Waals surface area contributed by atoms with Crippen molar-refractivity contribution in [3.05, 3.63) is 47.5 Å². The molecule has 21 heavy (non-hydrogen) atoms. The molecular formula is C15H14ClN5. The van der Waals surface area contributed by atoms with E-state index < -0.39 is 0 Å². The van der Waals surface area contributed by atoms with Gasteiger partial charge in [-0.1, -0.05) is 6.07 Å². The summed E-state index contributed by atoms with van der Waals surface area (Å²) in [4.78, 5) is 4.51. The molecule has 0 spiro atoms. The van der Waals surface area contributed by atoms with Gasteiger partial charge in [0.25, 0.3) is 0 Å². The molecule has 0 atom stereocenters. The van der Waals surface area contributed by atoms with Crippen molar-refractivity contribution in [3.63, 3.8) is 0 Å². The molecule has 0 saturated heterocycles. The van der Waals surface area contributed by atoms with Crippen LogP contribution in [0.2, 0.25) is 0 Å². The summed E-state index contributed by atoms with van der Waals surface area (Å²) < 4.78 is 3.87. The average Bonchev–Trinajstić information content (AvgIpc) is 3.07. The predicted octanol–water partition coefficient (Wildman–Crippen LogP) is 2.62. The standard InChI is InChI=1S/C15H14ClN5/c1-20-10-11(9-18-20)5-6-21-13-4-2-3-12(8-17)15(13)19-14(21)7-16/h2-4,9-10H,5-7H2,1H3. The minimum absolute atomic E-state index is 0.326. The molecule has 0 bridgehead atoms. The van der Waals surface area contributed by atoms with Crippen LogP contribution in [-0.2, 0) is 25.9 Å². The molecule has 2 heterocycles. The maximum atomic E-state index is 9.18. The Morgan fingerprint density at radius 1 is 1.38 bits per heavy atom. The summed E-state index contributed by atoms with van der Waals surface area (Å²) in [6.45, 7) is 0.763. The Kier molecular flexibility index (Phi) is 3.63. The summed E-state index contributed by atoms with van der Waals surface area (Å²) in [7, 11) is 1.90. The van der Waals surface area contributed by atoms with Crippen LogP contribution < -0.4 is 0 Å². The Labute approximate surface area is 127 Å². The number of hydrogen-bond acceptors (Lipinski definition) is 3. The zero-order valence-corrected chi connectivity index (χ0v) is 12.4. The minimum Gasteiger partial charge on any atom is -0.327 e. The Morgan fingerprint density at radius 3 is 2.90 bits per heavy atom. The number of benzene rings is 1. The quantitative estimate of drug-likeness (QED) is 0.696. The number of fused-ring (bicyclic) bond motifs is 1. The van der Waals surface area contributed by atoms with Crippen LogP contribution in [0.4, 0.5) is 0 Å². The lowest BCUT2D eigenvalue weighted by Crippen LogP contribution is -2.04. The highest BCUT2D eigenvalue weighted by atomic mass is 35.5. The van der Waals surface area contributed by atoms with Gasteiger partial charge >= 0.3 is 0 Å². The van der Waals surface area contributed by atoms with Gasteiger partial charge in [0.2, 0.25) is 0 Å². The predicted molar refractivity (Wildman–Crippen MR) is 80.9 cm³/mol. The fourth-order valence-corrected chi connectivity index (χ4v) is 2.68. The van der Waals surface area contributed by atoms with Gasteiger partial charge in [-0.05, 0) is 24.1 Å². The van der Waals surface area contributed by atoms with E-state index in [-0.39, 0.29) is 0 Å². The lowest BCUT2D eigenvalue weighted by Gasteiger charge is -2.06. The molecule has 0 radical (unpaired) electrons. The maximum Gasteiger partial charge on any atom is 0.124 e. The lowest BCUT2D eigenvalue weighted by molar-refractivity contribution is 0.687. The van der Waals surface area contributed by atoms with Crippen molar-refractivity contribution < 1.29 is 0 Å². The molecule has 106 valence electrons. The second kappa shape index (κ2) is 5.58. The fourth-order valence-electron chi connectivity index (χ4n) is 2.48. The summed E-state index contributed by atoms with van der Waals surface area (Å²) >= 11 is 6.00. The van der Waals surface area contributed by atoms with Gasteiger partial charge in [0.05, 0.1) is 23.2 Å². The van der Waals surface area contributed by atoms with Crippen molar-refractivity contribution in [1.82, 2.24) is 19.3 Å². The van der Waals surface area contributed by atoms with E-state index in [9.17, 15) is 5.26 Å². The molecular weight excluding hydrogens is 286 g/mol. The zero-order chi connectivity index (χ0) is 14.8. The second-order valence-electron chi connectivity index (χ2n) is 4.87. The van der Waals surface area contributed by atoms with E-state index >= 15 is 0 Å². The molecule has 0 aliphatic heterocycles. The highest BCUT2D eigenvalue weighted by Crippen LogP contribution is 2.21. The van der Waals surface area contributed by atoms with Crippen molar-refractivity contribution in [2.75, 3.05) is 0 Å². The summed E-state index contributed by atoms with van der Waals surface area (Å²) in [6, 6.07) is 7.81. The van der Waals surface area contributed by atoms with E-state index in [1.54, 1.807) is 10.7 Å². The normalized spacial score (nSPS) is 10.9. The smallest absolute Gasteiger partial charge is 0.124 e. The second-order valence-corrected chi connectivity index (χ2v) is 5.14. The van der Waals surface area contributed by atoms with Gasteiger partial charge in [-0.3, -0.25) is 4.68 Å². The van der Waals surface area contributed by atoms with Gasteiger partial charge in [-0.15, -0.1) is 11.6 Å².